The van der Waals surface area contributed by atoms with Crippen LogP contribution in [0, 0.1) is 27.7 Å². The van der Waals surface area contributed by atoms with Gasteiger partial charge in [-0.3, -0.25) is 9.98 Å². The number of hydrogen-bond acceptors (Lipinski definition) is 3. The molecule has 1 heterocycles. The van der Waals surface area contributed by atoms with Gasteiger partial charge < -0.3 is 0 Å². The largest absolute Gasteiger partial charge is 0.251 e. The summed E-state index contributed by atoms with van der Waals surface area (Å²) in [5.41, 5.74) is 12.2. The van der Waals surface area contributed by atoms with Crippen molar-refractivity contribution in [3.05, 3.63) is 113 Å². The number of hydrogen-bond donors (Lipinski definition) is 0. The van der Waals surface area contributed by atoms with Crippen LogP contribution < -0.4 is 0 Å². The van der Waals surface area contributed by atoms with E-state index in [0.717, 1.165) is 65.4 Å². The Labute approximate surface area is 305 Å². The minimum Gasteiger partial charge on any atom is -0.251 e. The van der Waals surface area contributed by atoms with Crippen molar-refractivity contribution in [1.29, 1.82) is 0 Å². The maximum atomic E-state index is 5.29. The Morgan fingerprint density at radius 3 is 1.23 bits per heavy atom. The number of unbranched alkanes of at least 4 members (excludes halogenated alkanes) is 10. The van der Waals surface area contributed by atoms with E-state index in [1.807, 2.05) is 6.92 Å². The second-order valence-corrected chi connectivity index (χ2v) is 13.1. The van der Waals surface area contributed by atoms with E-state index >= 15 is 0 Å². The minimum absolute atomic E-state index is 0. The Morgan fingerprint density at radius 2 is 0.896 bits per heavy atom. The fraction of sp³-hybridized carbons (Fsp3) is 0.477. The molecule has 0 radical (unpaired) electrons. The number of para-hydroxylation sites is 2. The van der Waals surface area contributed by atoms with Crippen LogP contribution in [-0.4, -0.2) is 16.4 Å². The van der Waals surface area contributed by atoms with Crippen LogP contribution in [0.15, 0.2) is 89.4 Å². The van der Waals surface area contributed by atoms with Gasteiger partial charge in [-0.15, -0.1) is 0 Å². The topological polar surface area (TPSA) is 37.6 Å². The molecule has 0 unspecified atom stereocenters. The van der Waals surface area contributed by atoms with Crippen LogP contribution in [0.5, 0.6) is 0 Å². The van der Waals surface area contributed by atoms with Crippen molar-refractivity contribution in [1.82, 2.24) is 4.98 Å². The van der Waals surface area contributed by atoms with Crippen molar-refractivity contribution in [3.63, 3.8) is 0 Å². The number of allylic oxidation sites excluding steroid dienone is 2. The molecule has 0 aliphatic rings. The molecule has 3 rings (SSSR count). The summed E-state index contributed by atoms with van der Waals surface area (Å²) in [5, 5.41) is 0. The molecule has 3 nitrogen and oxygen atoms in total. The normalized spacial score (nSPS) is 11.4. The van der Waals surface area contributed by atoms with E-state index in [1.54, 1.807) is 6.08 Å². The second-order valence-electron chi connectivity index (χ2n) is 13.1. The van der Waals surface area contributed by atoms with Crippen LogP contribution in [0.4, 0.5) is 11.4 Å². The van der Waals surface area contributed by atoms with E-state index in [9.17, 15) is 0 Å². The molecule has 0 N–H and O–H groups in total. The SMILES string of the molecule is C=CC(=C)C.CCCCCCCCC(=Nc1c(C)cccc1C)c1cccc(C(CCCCCCCC)=Nc2c(C)cccc2C)n1.[Fe]. The molecule has 0 amide bonds. The van der Waals surface area contributed by atoms with Gasteiger partial charge in [0.2, 0.25) is 0 Å². The Hall–Kier alpha value is -3.07. The van der Waals surface area contributed by atoms with Crippen molar-refractivity contribution in [2.45, 2.75) is 138 Å². The first-order valence-electron chi connectivity index (χ1n) is 18.2. The number of benzene rings is 2. The van der Waals surface area contributed by atoms with Crippen LogP contribution in [0.25, 0.3) is 0 Å². The van der Waals surface area contributed by atoms with Gasteiger partial charge in [-0.05, 0) is 94.7 Å². The molecular formula is C44H63FeN3. The standard InChI is InChI=1S/C39H55N3.C5H8.Fe/c1-7-9-11-13-15-17-26-36(41-38-30(3)22-19-23-31(38)4)34-28-21-29-35(40-34)37(27-18-16-14-12-10-8-2)42-39-32(5)24-20-25-33(39)6;1-4-5(2)3;/h19-25,28-29H,7-18,26-27H2,1-6H3;4H,1-2H2,3H3;. The summed E-state index contributed by atoms with van der Waals surface area (Å²) >= 11 is 0. The van der Waals surface area contributed by atoms with Crippen LogP contribution in [0.2, 0.25) is 0 Å². The van der Waals surface area contributed by atoms with Crippen LogP contribution in [-0.2, 0) is 17.1 Å². The number of rotatable bonds is 19. The third kappa shape index (κ3) is 15.9. The van der Waals surface area contributed by atoms with Crippen LogP contribution in [0.3, 0.4) is 0 Å². The molecule has 0 spiro atoms. The van der Waals surface area contributed by atoms with Gasteiger partial charge in [0, 0.05) is 17.1 Å². The van der Waals surface area contributed by atoms with Gasteiger partial charge in [0.15, 0.2) is 0 Å². The number of nitrogens with zero attached hydrogens (tertiary/aromatic N) is 3. The van der Waals surface area contributed by atoms with Gasteiger partial charge in [0.1, 0.15) is 0 Å². The predicted octanol–water partition coefficient (Wildman–Crippen LogP) is 13.8. The van der Waals surface area contributed by atoms with E-state index in [1.165, 1.54) is 86.5 Å². The average molecular weight is 690 g/mol. The first-order valence-corrected chi connectivity index (χ1v) is 18.2. The number of pyridine rings is 1. The van der Waals surface area contributed by atoms with Gasteiger partial charge in [-0.2, -0.15) is 0 Å². The van der Waals surface area contributed by atoms with Gasteiger partial charge in [0.25, 0.3) is 0 Å². The zero-order valence-corrected chi connectivity index (χ0v) is 32.4. The zero-order chi connectivity index (χ0) is 34.4. The van der Waals surface area contributed by atoms with Gasteiger partial charge in [-0.1, -0.05) is 145 Å². The maximum absolute atomic E-state index is 5.29. The van der Waals surface area contributed by atoms with Gasteiger partial charge >= 0.3 is 0 Å². The van der Waals surface area contributed by atoms with Crippen molar-refractivity contribution >= 4 is 22.8 Å². The van der Waals surface area contributed by atoms with Gasteiger partial charge in [0.05, 0.1) is 34.2 Å². The van der Waals surface area contributed by atoms with Crippen molar-refractivity contribution in [2.75, 3.05) is 0 Å². The molecule has 262 valence electrons. The first-order chi connectivity index (χ1) is 22.7. The molecule has 0 atom stereocenters. The van der Waals surface area contributed by atoms with Crippen LogP contribution in [0.1, 0.15) is 144 Å². The summed E-state index contributed by atoms with van der Waals surface area (Å²) in [4.78, 5) is 15.9. The molecule has 0 saturated heterocycles. The summed E-state index contributed by atoms with van der Waals surface area (Å²) in [6.07, 6.45) is 18.8. The molecule has 0 aliphatic heterocycles. The molecule has 0 saturated carbocycles. The quantitative estimate of drug-likeness (QED) is 0.0534. The van der Waals surface area contributed by atoms with E-state index in [-0.39, 0.29) is 17.1 Å². The Balaban J connectivity index is 0.00000178. The number of aromatic nitrogens is 1. The maximum Gasteiger partial charge on any atom is 0.0852 e. The fourth-order valence-corrected chi connectivity index (χ4v) is 5.62. The summed E-state index contributed by atoms with van der Waals surface area (Å²) < 4.78 is 0. The molecule has 2 aromatic carbocycles. The Bertz CT molecular complexity index is 1310. The van der Waals surface area contributed by atoms with E-state index in [4.69, 9.17) is 15.0 Å². The van der Waals surface area contributed by atoms with Crippen molar-refractivity contribution in [2.24, 2.45) is 9.98 Å². The monoisotopic (exact) mass is 689 g/mol. The summed E-state index contributed by atoms with van der Waals surface area (Å²) in [5.74, 6) is 0. The van der Waals surface area contributed by atoms with E-state index in [0.29, 0.717) is 0 Å². The molecule has 1 aromatic heterocycles. The molecule has 0 bridgehead atoms. The van der Waals surface area contributed by atoms with Crippen LogP contribution >= 0.6 is 0 Å². The average Bonchev–Trinajstić information content (AvgIpc) is 3.06. The van der Waals surface area contributed by atoms with Gasteiger partial charge in [-0.25, -0.2) is 4.98 Å². The Kier molecular flexibility index (Phi) is 22.4. The summed E-state index contributed by atoms with van der Waals surface area (Å²) in [6.45, 7) is 22.1. The summed E-state index contributed by atoms with van der Waals surface area (Å²) in [6, 6.07) is 19.3. The molecule has 0 fully saturated rings. The fourth-order valence-electron chi connectivity index (χ4n) is 5.62. The van der Waals surface area contributed by atoms with Crippen molar-refractivity contribution in [3.8, 4) is 0 Å². The number of aliphatic imine (C=N–C) groups is 2. The molecular weight excluding hydrogens is 626 g/mol. The minimum atomic E-state index is 0. The molecule has 48 heavy (non-hydrogen) atoms. The van der Waals surface area contributed by atoms with Crippen molar-refractivity contribution < 1.29 is 17.1 Å². The van der Waals surface area contributed by atoms with E-state index < -0.39 is 0 Å². The second kappa shape index (κ2) is 25.0. The number of aryl methyl sites for hydroxylation is 4. The summed E-state index contributed by atoms with van der Waals surface area (Å²) in [7, 11) is 0. The smallest absolute Gasteiger partial charge is 0.0852 e. The molecule has 0 aliphatic carbocycles. The zero-order valence-electron chi connectivity index (χ0n) is 31.3. The van der Waals surface area contributed by atoms with E-state index in [2.05, 4.69) is 109 Å². The third-order valence-corrected chi connectivity index (χ3v) is 8.60. The predicted molar refractivity (Wildman–Crippen MR) is 209 cm³/mol. The third-order valence-electron chi connectivity index (χ3n) is 8.60. The molecule has 4 heteroatoms. The molecule has 3 aromatic rings. The first kappa shape index (κ1) is 43.0. The Morgan fingerprint density at radius 1 is 0.583 bits per heavy atom.